The van der Waals surface area contributed by atoms with Crippen LogP contribution in [-0.4, -0.2) is 48.2 Å². The summed E-state index contributed by atoms with van der Waals surface area (Å²) in [6.07, 6.45) is 0.479. The van der Waals surface area contributed by atoms with E-state index in [4.69, 9.17) is 11.6 Å². The van der Waals surface area contributed by atoms with Crippen molar-refractivity contribution in [3.05, 3.63) is 64.7 Å². The van der Waals surface area contributed by atoms with E-state index >= 15 is 0 Å². The monoisotopic (exact) mass is 358 g/mol. The number of piperazine rings is 1. The lowest BCUT2D eigenvalue weighted by atomic mass is 9.99. The number of carbonyl (C=O) groups is 1. The van der Waals surface area contributed by atoms with Crippen LogP contribution in [0.3, 0.4) is 0 Å². The number of halogens is 1. The molecule has 0 spiro atoms. The van der Waals surface area contributed by atoms with Crippen molar-refractivity contribution in [1.29, 1.82) is 0 Å². The normalized spacial score (nSPS) is 16.6. The quantitative estimate of drug-likeness (QED) is 0.888. The molecule has 0 amide bonds. The van der Waals surface area contributed by atoms with Crippen LogP contribution in [0.25, 0.3) is 0 Å². The van der Waals surface area contributed by atoms with Crippen molar-refractivity contribution < 1.29 is 9.90 Å². The summed E-state index contributed by atoms with van der Waals surface area (Å²) in [5, 5.41) is 10.4. The van der Waals surface area contributed by atoms with Gasteiger partial charge in [0.15, 0.2) is 0 Å². The summed E-state index contributed by atoms with van der Waals surface area (Å²) in [6, 6.07) is 15.4. The van der Waals surface area contributed by atoms with Gasteiger partial charge in [-0.2, -0.15) is 0 Å². The summed E-state index contributed by atoms with van der Waals surface area (Å²) in [6.45, 7) is 5.10. The Morgan fingerprint density at radius 1 is 1.08 bits per heavy atom. The lowest BCUT2D eigenvalue weighted by Crippen LogP contribution is -2.53. The summed E-state index contributed by atoms with van der Waals surface area (Å²) >= 11 is 6.18. The fraction of sp³-hybridized carbons (Fsp3) is 0.350. The predicted molar refractivity (Wildman–Crippen MR) is 102 cm³/mol. The largest absolute Gasteiger partial charge is 0.480 e. The second kappa shape index (κ2) is 7.89. The van der Waals surface area contributed by atoms with Gasteiger partial charge in [0.05, 0.1) is 0 Å². The number of rotatable bonds is 5. The van der Waals surface area contributed by atoms with E-state index in [1.165, 1.54) is 5.69 Å². The highest BCUT2D eigenvalue weighted by Crippen LogP contribution is 2.23. The smallest absolute Gasteiger partial charge is 0.321 e. The number of carboxylic acids is 1. The highest BCUT2D eigenvalue weighted by Gasteiger charge is 2.29. The molecule has 1 heterocycles. The van der Waals surface area contributed by atoms with E-state index in [1.54, 1.807) is 0 Å². The van der Waals surface area contributed by atoms with Gasteiger partial charge in [0, 0.05) is 36.9 Å². The molecule has 2 aromatic carbocycles. The first-order chi connectivity index (χ1) is 12.1. The van der Waals surface area contributed by atoms with Gasteiger partial charge in [0.25, 0.3) is 0 Å². The van der Waals surface area contributed by atoms with Crippen LogP contribution in [0.15, 0.2) is 48.5 Å². The molecule has 0 aliphatic carbocycles. The molecule has 4 nitrogen and oxygen atoms in total. The second-order valence-electron chi connectivity index (χ2n) is 6.44. The molecule has 1 aliphatic rings. The standard InChI is InChI=1S/C20H23ClN2O2/c1-15-16(6-5-9-18(15)21)14-19(20(24)25)23-12-10-22(11-13-23)17-7-3-2-4-8-17/h2-9,19H,10-14H2,1H3,(H,24,25)/t19-/m0/s1. The Hall–Kier alpha value is -2.04. The van der Waals surface area contributed by atoms with E-state index in [9.17, 15) is 9.90 Å². The summed E-state index contributed by atoms with van der Waals surface area (Å²) < 4.78 is 0. The van der Waals surface area contributed by atoms with Crippen molar-refractivity contribution in [2.24, 2.45) is 0 Å². The molecular formula is C20H23ClN2O2. The molecule has 1 fully saturated rings. The highest BCUT2D eigenvalue weighted by molar-refractivity contribution is 6.31. The van der Waals surface area contributed by atoms with Crippen LogP contribution >= 0.6 is 11.6 Å². The number of hydrogen-bond acceptors (Lipinski definition) is 3. The van der Waals surface area contributed by atoms with Crippen molar-refractivity contribution in [1.82, 2.24) is 4.90 Å². The van der Waals surface area contributed by atoms with Crippen LogP contribution in [0.1, 0.15) is 11.1 Å². The van der Waals surface area contributed by atoms with Gasteiger partial charge in [-0.1, -0.05) is 41.9 Å². The highest BCUT2D eigenvalue weighted by atomic mass is 35.5. The Kier molecular flexibility index (Phi) is 5.61. The lowest BCUT2D eigenvalue weighted by Gasteiger charge is -2.39. The molecule has 1 N–H and O–H groups in total. The molecule has 132 valence electrons. The minimum Gasteiger partial charge on any atom is -0.480 e. The maximum atomic E-state index is 11.9. The first-order valence-corrected chi connectivity index (χ1v) is 8.95. The first-order valence-electron chi connectivity index (χ1n) is 8.57. The van der Waals surface area contributed by atoms with Gasteiger partial charge >= 0.3 is 5.97 Å². The van der Waals surface area contributed by atoms with Crippen LogP contribution < -0.4 is 4.90 Å². The summed E-state index contributed by atoms with van der Waals surface area (Å²) in [5.74, 6) is -0.771. The summed E-state index contributed by atoms with van der Waals surface area (Å²) in [7, 11) is 0. The van der Waals surface area contributed by atoms with Gasteiger partial charge in [-0.25, -0.2) is 0 Å². The molecule has 0 bridgehead atoms. The third kappa shape index (κ3) is 4.14. The zero-order chi connectivity index (χ0) is 17.8. The average Bonchev–Trinajstić information content (AvgIpc) is 2.63. The average molecular weight is 359 g/mol. The van der Waals surface area contributed by atoms with Crippen LogP contribution in [-0.2, 0) is 11.2 Å². The molecule has 0 aromatic heterocycles. The Labute approximate surface area is 153 Å². The number of hydrogen-bond donors (Lipinski definition) is 1. The van der Waals surface area contributed by atoms with Crippen molar-refractivity contribution in [2.45, 2.75) is 19.4 Å². The molecule has 0 unspecified atom stereocenters. The zero-order valence-corrected chi connectivity index (χ0v) is 15.1. The van der Waals surface area contributed by atoms with Gasteiger partial charge < -0.3 is 10.0 Å². The fourth-order valence-electron chi connectivity index (χ4n) is 3.38. The maximum Gasteiger partial charge on any atom is 0.321 e. The molecule has 25 heavy (non-hydrogen) atoms. The van der Waals surface area contributed by atoms with E-state index < -0.39 is 12.0 Å². The number of benzene rings is 2. The SMILES string of the molecule is Cc1c(Cl)cccc1C[C@@H](C(=O)O)N1CCN(c2ccccc2)CC1. The van der Waals surface area contributed by atoms with Crippen LogP contribution in [0.5, 0.6) is 0 Å². The molecule has 1 saturated heterocycles. The van der Waals surface area contributed by atoms with Gasteiger partial charge in [-0.05, 0) is 42.7 Å². The summed E-state index contributed by atoms with van der Waals surface area (Å²) in [5.41, 5.74) is 3.17. The van der Waals surface area contributed by atoms with Crippen LogP contribution in [0.4, 0.5) is 5.69 Å². The van der Waals surface area contributed by atoms with E-state index in [1.807, 2.05) is 43.3 Å². The van der Waals surface area contributed by atoms with Gasteiger partial charge in [0.1, 0.15) is 6.04 Å². The van der Waals surface area contributed by atoms with E-state index in [2.05, 4.69) is 21.9 Å². The van der Waals surface area contributed by atoms with Crippen LogP contribution in [0.2, 0.25) is 5.02 Å². The molecule has 1 atom stereocenters. The topological polar surface area (TPSA) is 43.8 Å². The zero-order valence-electron chi connectivity index (χ0n) is 14.4. The molecule has 0 radical (unpaired) electrons. The second-order valence-corrected chi connectivity index (χ2v) is 6.85. The van der Waals surface area contributed by atoms with E-state index in [0.717, 1.165) is 37.3 Å². The third-order valence-electron chi connectivity index (χ3n) is 4.95. The number of aliphatic carboxylic acids is 1. The minimum absolute atomic E-state index is 0.479. The number of carboxylic acid groups (broad SMARTS) is 1. The van der Waals surface area contributed by atoms with Crippen LogP contribution in [0, 0.1) is 6.92 Å². The maximum absolute atomic E-state index is 11.9. The van der Waals surface area contributed by atoms with Crippen molar-refractivity contribution in [2.75, 3.05) is 31.1 Å². The molecule has 3 rings (SSSR count). The molecule has 0 saturated carbocycles. The van der Waals surface area contributed by atoms with Crippen molar-refractivity contribution in [3.63, 3.8) is 0 Å². The number of para-hydroxylation sites is 1. The number of anilines is 1. The fourth-order valence-corrected chi connectivity index (χ4v) is 3.58. The van der Waals surface area contributed by atoms with Crippen molar-refractivity contribution in [3.8, 4) is 0 Å². The van der Waals surface area contributed by atoms with Gasteiger partial charge in [0.2, 0.25) is 0 Å². The van der Waals surface area contributed by atoms with Crippen molar-refractivity contribution >= 4 is 23.3 Å². The summed E-state index contributed by atoms with van der Waals surface area (Å²) in [4.78, 5) is 16.2. The third-order valence-corrected chi connectivity index (χ3v) is 5.36. The molecule has 2 aromatic rings. The van der Waals surface area contributed by atoms with E-state index in [0.29, 0.717) is 11.4 Å². The first kappa shape index (κ1) is 17.8. The molecule has 5 heteroatoms. The Morgan fingerprint density at radius 2 is 1.76 bits per heavy atom. The number of nitrogens with zero attached hydrogens (tertiary/aromatic N) is 2. The van der Waals surface area contributed by atoms with Gasteiger partial charge in [-0.15, -0.1) is 0 Å². The van der Waals surface area contributed by atoms with E-state index in [-0.39, 0.29) is 0 Å². The molecule has 1 aliphatic heterocycles. The lowest BCUT2D eigenvalue weighted by molar-refractivity contribution is -0.143. The Bertz CT molecular complexity index is 728. The Morgan fingerprint density at radius 3 is 2.40 bits per heavy atom. The van der Waals surface area contributed by atoms with Gasteiger partial charge in [-0.3, -0.25) is 9.69 Å². The minimum atomic E-state index is -0.771. The molecular weight excluding hydrogens is 336 g/mol. The predicted octanol–water partition coefficient (Wildman–Crippen LogP) is 3.47. The Balaban J connectivity index is 1.68.